The van der Waals surface area contributed by atoms with Crippen molar-refractivity contribution in [2.24, 2.45) is 13.0 Å². The average molecular weight is 197 g/mol. The molecule has 1 rings (SSSR count). The van der Waals surface area contributed by atoms with Crippen molar-refractivity contribution < 1.29 is 0 Å². The summed E-state index contributed by atoms with van der Waals surface area (Å²) in [6.45, 7) is 3.98. The van der Waals surface area contributed by atoms with Gasteiger partial charge in [-0.15, -0.1) is 0 Å². The number of nitrogens with one attached hydrogen (secondary N) is 1. The van der Waals surface area contributed by atoms with Crippen molar-refractivity contribution in [1.29, 1.82) is 0 Å². The lowest BCUT2D eigenvalue weighted by atomic mass is 10.1. The van der Waals surface area contributed by atoms with E-state index >= 15 is 0 Å². The minimum Gasteiger partial charge on any atom is -0.385 e. The highest BCUT2D eigenvalue weighted by Crippen LogP contribution is 2.07. The molecule has 0 amide bonds. The monoisotopic (exact) mass is 197 g/mol. The fourth-order valence-corrected chi connectivity index (χ4v) is 1.29. The van der Waals surface area contributed by atoms with Crippen molar-refractivity contribution in [3.8, 4) is 0 Å². The first kappa shape index (κ1) is 10.6. The molecule has 0 radical (unpaired) electrons. The smallest absolute Gasteiger partial charge is 0.329 e. The third kappa shape index (κ3) is 1.86. The van der Waals surface area contributed by atoms with Gasteiger partial charge in [0.05, 0.1) is 5.56 Å². The average Bonchev–Trinajstić information content (AvgIpc) is 2.09. The molecule has 5 heteroatoms. The van der Waals surface area contributed by atoms with Crippen LogP contribution in [0.15, 0.2) is 9.59 Å². The lowest BCUT2D eigenvalue weighted by Crippen LogP contribution is -2.36. The molecule has 0 saturated carbocycles. The molecule has 0 bridgehead atoms. The first-order valence-corrected chi connectivity index (χ1v) is 4.51. The summed E-state index contributed by atoms with van der Waals surface area (Å²) in [5.41, 5.74) is 5.28. The zero-order valence-electron chi connectivity index (χ0n) is 8.63. The summed E-state index contributed by atoms with van der Waals surface area (Å²) in [4.78, 5) is 25.2. The summed E-state index contributed by atoms with van der Waals surface area (Å²) in [6.07, 6.45) is 0.579. The van der Waals surface area contributed by atoms with E-state index < -0.39 is 5.69 Å². The standard InChI is InChI=1S/C9H15N3O2/c1-5(2)4-6-7(10)11-9(14)12(3)8(6)13/h5H,4,10H2,1-3H3,(H,11,14). The van der Waals surface area contributed by atoms with Gasteiger partial charge in [-0.25, -0.2) is 4.79 Å². The van der Waals surface area contributed by atoms with Crippen molar-refractivity contribution in [3.63, 3.8) is 0 Å². The molecule has 1 aromatic heterocycles. The molecule has 5 nitrogen and oxygen atoms in total. The fourth-order valence-electron chi connectivity index (χ4n) is 1.29. The maximum Gasteiger partial charge on any atom is 0.329 e. The van der Waals surface area contributed by atoms with E-state index in [0.29, 0.717) is 17.9 Å². The highest BCUT2D eigenvalue weighted by molar-refractivity contribution is 5.36. The van der Waals surface area contributed by atoms with Gasteiger partial charge in [0, 0.05) is 7.05 Å². The van der Waals surface area contributed by atoms with Gasteiger partial charge in [-0.05, 0) is 12.3 Å². The molecular weight excluding hydrogens is 182 g/mol. The van der Waals surface area contributed by atoms with Gasteiger partial charge in [-0.1, -0.05) is 13.8 Å². The van der Waals surface area contributed by atoms with Crippen LogP contribution in [0.1, 0.15) is 19.4 Å². The molecule has 0 spiro atoms. The lowest BCUT2D eigenvalue weighted by Gasteiger charge is -2.08. The van der Waals surface area contributed by atoms with E-state index in [0.717, 1.165) is 4.57 Å². The second kappa shape index (κ2) is 3.69. The quantitative estimate of drug-likeness (QED) is 0.692. The van der Waals surface area contributed by atoms with E-state index in [9.17, 15) is 9.59 Å². The van der Waals surface area contributed by atoms with Crippen LogP contribution in [0.4, 0.5) is 5.82 Å². The van der Waals surface area contributed by atoms with Gasteiger partial charge in [-0.3, -0.25) is 14.3 Å². The normalized spacial score (nSPS) is 10.9. The first-order valence-electron chi connectivity index (χ1n) is 4.51. The fraction of sp³-hybridized carbons (Fsp3) is 0.556. The van der Waals surface area contributed by atoms with Crippen LogP contribution in [0, 0.1) is 5.92 Å². The molecule has 0 atom stereocenters. The van der Waals surface area contributed by atoms with Crippen LogP contribution in [0.3, 0.4) is 0 Å². The largest absolute Gasteiger partial charge is 0.385 e. The summed E-state index contributed by atoms with van der Waals surface area (Å²) in [7, 11) is 1.43. The van der Waals surface area contributed by atoms with Crippen molar-refractivity contribution in [2.75, 3.05) is 5.73 Å². The summed E-state index contributed by atoms with van der Waals surface area (Å²) >= 11 is 0. The Bertz CT molecular complexity index is 442. The zero-order chi connectivity index (χ0) is 10.9. The second-order valence-corrected chi connectivity index (χ2v) is 3.78. The number of nitrogens with zero attached hydrogens (tertiary/aromatic N) is 1. The molecule has 1 aromatic rings. The van der Waals surface area contributed by atoms with Crippen LogP contribution >= 0.6 is 0 Å². The molecule has 0 fully saturated rings. The van der Waals surface area contributed by atoms with Crippen LogP contribution in [0.2, 0.25) is 0 Å². The Balaban J connectivity index is 3.37. The third-order valence-electron chi connectivity index (χ3n) is 2.05. The van der Waals surface area contributed by atoms with Crippen molar-refractivity contribution in [3.05, 3.63) is 26.4 Å². The molecule has 78 valence electrons. The van der Waals surface area contributed by atoms with E-state index in [4.69, 9.17) is 5.73 Å². The third-order valence-corrected chi connectivity index (χ3v) is 2.05. The summed E-state index contributed by atoms with van der Waals surface area (Å²) in [5, 5.41) is 0. The number of rotatable bonds is 2. The van der Waals surface area contributed by atoms with Gasteiger partial charge in [0.25, 0.3) is 5.56 Å². The Kier molecular flexibility index (Phi) is 2.78. The first-order chi connectivity index (χ1) is 6.43. The van der Waals surface area contributed by atoms with Gasteiger partial charge < -0.3 is 5.73 Å². The van der Waals surface area contributed by atoms with Crippen molar-refractivity contribution in [2.45, 2.75) is 20.3 Å². The number of aromatic nitrogens is 2. The summed E-state index contributed by atoms with van der Waals surface area (Å²) < 4.78 is 1.04. The van der Waals surface area contributed by atoms with Gasteiger partial charge in [0.15, 0.2) is 0 Å². The highest BCUT2D eigenvalue weighted by atomic mass is 16.2. The maximum atomic E-state index is 11.6. The molecule has 0 unspecified atom stereocenters. The molecular formula is C9H15N3O2. The zero-order valence-corrected chi connectivity index (χ0v) is 8.63. The minimum atomic E-state index is -0.472. The number of hydrogen-bond donors (Lipinski definition) is 2. The van der Waals surface area contributed by atoms with E-state index in [-0.39, 0.29) is 11.4 Å². The molecule has 0 aliphatic rings. The van der Waals surface area contributed by atoms with Crippen molar-refractivity contribution >= 4 is 5.82 Å². The topological polar surface area (TPSA) is 80.9 Å². The van der Waals surface area contributed by atoms with Gasteiger partial charge >= 0.3 is 5.69 Å². The van der Waals surface area contributed by atoms with Crippen LogP contribution in [-0.4, -0.2) is 9.55 Å². The summed E-state index contributed by atoms with van der Waals surface area (Å²) in [5.74, 6) is 0.516. The molecule has 0 aliphatic heterocycles. The van der Waals surface area contributed by atoms with E-state index in [1.165, 1.54) is 7.05 Å². The molecule has 1 heterocycles. The van der Waals surface area contributed by atoms with Crippen LogP contribution in [0.25, 0.3) is 0 Å². The lowest BCUT2D eigenvalue weighted by molar-refractivity contribution is 0.629. The number of anilines is 1. The van der Waals surface area contributed by atoms with Crippen LogP contribution in [-0.2, 0) is 13.5 Å². The predicted molar refractivity (Wildman–Crippen MR) is 55.3 cm³/mol. The van der Waals surface area contributed by atoms with Crippen LogP contribution < -0.4 is 17.0 Å². The molecule has 0 saturated heterocycles. The minimum absolute atomic E-state index is 0.187. The number of nitrogen functional groups attached to an aromatic ring is 1. The Hall–Kier alpha value is -1.52. The molecule has 3 N–H and O–H groups in total. The number of aromatic amines is 1. The molecule has 14 heavy (non-hydrogen) atoms. The Morgan fingerprint density at radius 1 is 1.43 bits per heavy atom. The second-order valence-electron chi connectivity index (χ2n) is 3.78. The number of nitrogens with two attached hydrogens (primary N) is 1. The number of hydrogen-bond acceptors (Lipinski definition) is 3. The van der Waals surface area contributed by atoms with Gasteiger partial charge in [0.2, 0.25) is 0 Å². The van der Waals surface area contributed by atoms with E-state index in [2.05, 4.69) is 4.98 Å². The van der Waals surface area contributed by atoms with Crippen LogP contribution in [0.5, 0.6) is 0 Å². The predicted octanol–water partition coefficient (Wildman–Crippen LogP) is -0.146. The van der Waals surface area contributed by atoms with Gasteiger partial charge in [0.1, 0.15) is 5.82 Å². The van der Waals surface area contributed by atoms with E-state index in [1.807, 2.05) is 13.8 Å². The SMILES string of the molecule is CC(C)Cc1c(N)[nH]c(=O)n(C)c1=O. The molecule has 0 aromatic carbocycles. The molecule has 0 aliphatic carbocycles. The van der Waals surface area contributed by atoms with E-state index in [1.54, 1.807) is 0 Å². The Morgan fingerprint density at radius 2 is 2.00 bits per heavy atom. The highest BCUT2D eigenvalue weighted by Gasteiger charge is 2.10. The number of H-pyrrole nitrogens is 1. The Morgan fingerprint density at radius 3 is 2.50 bits per heavy atom. The summed E-state index contributed by atoms with van der Waals surface area (Å²) in [6, 6.07) is 0. The maximum absolute atomic E-state index is 11.6. The van der Waals surface area contributed by atoms with Gasteiger partial charge in [-0.2, -0.15) is 0 Å². The Labute approximate surface area is 81.6 Å². The van der Waals surface area contributed by atoms with Crippen molar-refractivity contribution in [1.82, 2.24) is 9.55 Å².